The van der Waals surface area contributed by atoms with Gasteiger partial charge in [0.05, 0.1) is 6.26 Å². The van der Waals surface area contributed by atoms with Crippen molar-refractivity contribution in [1.29, 1.82) is 0 Å². The number of aromatic nitrogens is 2. The third kappa shape index (κ3) is 2.93. The minimum atomic E-state index is -0.0229. The first kappa shape index (κ1) is 11.4. The monoisotopic (exact) mass is 235 g/mol. The van der Waals surface area contributed by atoms with Gasteiger partial charge in [-0.05, 0) is 19.1 Å². The van der Waals surface area contributed by atoms with E-state index in [-0.39, 0.29) is 5.91 Å². The van der Waals surface area contributed by atoms with Crippen LogP contribution in [0.4, 0.5) is 0 Å². The lowest BCUT2D eigenvalue weighted by atomic mass is 10.3. The lowest BCUT2D eigenvalue weighted by Gasteiger charge is -1.97. The number of hydrogen-bond donors (Lipinski definition) is 1. The molecular weight excluding hydrogens is 222 g/mol. The minimum Gasteiger partial charge on any atom is -0.461 e. The second-order valence-corrected chi connectivity index (χ2v) is 3.44. The Morgan fingerprint density at radius 2 is 2.41 bits per heavy atom. The molecule has 0 saturated heterocycles. The summed E-state index contributed by atoms with van der Waals surface area (Å²) in [5, 5.41) is 6.47. The van der Waals surface area contributed by atoms with E-state index in [1.54, 1.807) is 18.4 Å². The zero-order valence-electron chi connectivity index (χ0n) is 9.47. The Morgan fingerprint density at radius 1 is 1.53 bits per heavy atom. The van der Waals surface area contributed by atoms with Crippen molar-refractivity contribution in [3.63, 3.8) is 0 Å². The summed E-state index contributed by atoms with van der Waals surface area (Å²) >= 11 is 0. The molecule has 0 unspecified atom stereocenters. The molecule has 0 aliphatic rings. The maximum absolute atomic E-state index is 11.2. The SMILES string of the molecule is CCNC(=O)CCc1nc(-c2ccco2)no1. The van der Waals surface area contributed by atoms with Gasteiger partial charge in [-0.1, -0.05) is 5.16 Å². The van der Waals surface area contributed by atoms with Gasteiger partial charge >= 0.3 is 0 Å². The molecule has 0 radical (unpaired) electrons. The van der Waals surface area contributed by atoms with Crippen LogP contribution in [0.1, 0.15) is 19.2 Å². The van der Waals surface area contributed by atoms with Gasteiger partial charge in [0.15, 0.2) is 5.76 Å². The van der Waals surface area contributed by atoms with Gasteiger partial charge in [-0.15, -0.1) is 0 Å². The normalized spacial score (nSPS) is 10.4. The van der Waals surface area contributed by atoms with Crippen LogP contribution in [-0.2, 0) is 11.2 Å². The molecule has 0 atom stereocenters. The molecule has 2 aromatic rings. The largest absolute Gasteiger partial charge is 0.461 e. The standard InChI is InChI=1S/C11H13N3O3/c1-2-12-9(15)5-6-10-13-11(14-17-10)8-4-3-7-16-8/h3-4,7H,2,5-6H2,1H3,(H,12,15). The van der Waals surface area contributed by atoms with Crippen molar-refractivity contribution in [2.24, 2.45) is 0 Å². The average Bonchev–Trinajstić information content (AvgIpc) is 2.97. The Hall–Kier alpha value is -2.11. The van der Waals surface area contributed by atoms with Crippen LogP contribution in [-0.4, -0.2) is 22.6 Å². The van der Waals surface area contributed by atoms with E-state index in [0.717, 1.165) is 0 Å². The van der Waals surface area contributed by atoms with Gasteiger partial charge in [-0.25, -0.2) is 0 Å². The summed E-state index contributed by atoms with van der Waals surface area (Å²) in [6, 6.07) is 3.50. The van der Waals surface area contributed by atoms with Crippen LogP contribution in [0.2, 0.25) is 0 Å². The molecule has 0 aliphatic heterocycles. The van der Waals surface area contributed by atoms with E-state index in [2.05, 4.69) is 15.5 Å². The summed E-state index contributed by atoms with van der Waals surface area (Å²) < 4.78 is 10.1. The van der Waals surface area contributed by atoms with Gasteiger partial charge in [0.25, 0.3) is 0 Å². The molecule has 6 heteroatoms. The van der Waals surface area contributed by atoms with E-state index in [0.29, 0.717) is 36.9 Å². The maximum atomic E-state index is 11.2. The molecule has 0 aromatic carbocycles. The first-order valence-electron chi connectivity index (χ1n) is 5.42. The predicted octanol–water partition coefficient (Wildman–Crippen LogP) is 1.40. The molecule has 90 valence electrons. The van der Waals surface area contributed by atoms with E-state index in [1.807, 2.05) is 6.92 Å². The molecule has 17 heavy (non-hydrogen) atoms. The van der Waals surface area contributed by atoms with Crippen molar-refractivity contribution in [1.82, 2.24) is 15.5 Å². The fraction of sp³-hybridized carbons (Fsp3) is 0.364. The lowest BCUT2D eigenvalue weighted by Crippen LogP contribution is -2.22. The number of carbonyl (C=O) groups excluding carboxylic acids is 1. The molecule has 0 fully saturated rings. The topological polar surface area (TPSA) is 81.2 Å². The molecule has 0 saturated carbocycles. The molecule has 2 rings (SSSR count). The Bertz CT molecular complexity index is 476. The fourth-order valence-corrected chi connectivity index (χ4v) is 1.37. The summed E-state index contributed by atoms with van der Waals surface area (Å²) in [7, 11) is 0. The molecule has 1 amide bonds. The Balaban J connectivity index is 1.93. The number of amides is 1. The van der Waals surface area contributed by atoms with Crippen LogP contribution < -0.4 is 5.32 Å². The Kier molecular flexibility index (Phi) is 3.54. The molecule has 1 N–H and O–H groups in total. The van der Waals surface area contributed by atoms with Gasteiger partial charge in [0.1, 0.15) is 0 Å². The maximum Gasteiger partial charge on any atom is 0.238 e. The highest BCUT2D eigenvalue weighted by Gasteiger charge is 2.11. The predicted molar refractivity (Wildman–Crippen MR) is 59.0 cm³/mol. The Morgan fingerprint density at radius 3 is 3.12 bits per heavy atom. The number of nitrogens with zero attached hydrogens (tertiary/aromatic N) is 2. The van der Waals surface area contributed by atoms with Crippen LogP contribution in [0.5, 0.6) is 0 Å². The van der Waals surface area contributed by atoms with E-state index < -0.39 is 0 Å². The highest BCUT2D eigenvalue weighted by molar-refractivity contribution is 5.75. The van der Waals surface area contributed by atoms with Crippen molar-refractivity contribution in [2.75, 3.05) is 6.54 Å². The molecule has 0 aliphatic carbocycles. The minimum absolute atomic E-state index is 0.0229. The first-order valence-corrected chi connectivity index (χ1v) is 5.42. The van der Waals surface area contributed by atoms with Gasteiger partial charge in [-0.2, -0.15) is 4.98 Å². The van der Waals surface area contributed by atoms with Crippen molar-refractivity contribution < 1.29 is 13.7 Å². The van der Waals surface area contributed by atoms with Gasteiger partial charge in [-0.3, -0.25) is 4.79 Å². The molecule has 0 bridgehead atoms. The Labute approximate surface area is 98.0 Å². The van der Waals surface area contributed by atoms with Crippen LogP contribution in [0.25, 0.3) is 11.6 Å². The summed E-state index contributed by atoms with van der Waals surface area (Å²) in [5.41, 5.74) is 0. The van der Waals surface area contributed by atoms with E-state index in [9.17, 15) is 4.79 Å². The zero-order chi connectivity index (χ0) is 12.1. The highest BCUT2D eigenvalue weighted by Crippen LogP contribution is 2.16. The van der Waals surface area contributed by atoms with Gasteiger partial charge < -0.3 is 14.3 Å². The molecule has 2 heterocycles. The number of carbonyl (C=O) groups is 1. The van der Waals surface area contributed by atoms with Crippen LogP contribution in [0.15, 0.2) is 27.3 Å². The summed E-state index contributed by atoms with van der Waals surface area (Å²) in [4.78, 5) is 15.4. The second-order valence-electron chi connectivity index (χ2n) is 3.44. The average molecular weight is 235 g/mol. The molecule has 6 nitrogen and oxygen atoms in total. The third-order valence-corrected chi connectivity index (χ3v) is 2.15. The highest BCUT2D eigenvalue weighted by atomic mass is 16.5. The fourth-order valence-electron chi connectivity index (χ4n) is 1.37. The van der Waals surface area contributed by atoms with Crippen LogP contribution >= 0.6 is 0 Å². The number of nitrogens with one attached hydrogen (secondary N) is 1. The number of hydrogen-bond acceptors (Lipinski definition) is 5. The summed E-state index contributed by atoms with van der Waals surface area (Å²) in [6.45, 7) is 2.50. The third-order valence-electron chi connectivity index (χ3n) is 2.15. The van der Waals surface area contributed by atoms with Crippen LogP contribution in [0, 0.1) is 0 Å². The van der Waals surface area contributed by atoms with Crippen molar-refractivity contribution in [3.8, 4) is 11.6 Å². The number of rotatable bonds is 5. The molecule has 2 aromatic heterocycles. The van der Waals surface area contributed by atoms with E-state index in [4.69, 9.17) is 8.94 Å². The van der Waals surface area contributed by atoms with Gasteiger partial charge in [0, 0.05) is 19.4 Å². The van der Waals surface area contributed by atoms with Crippen molar-refractivity contribution in [3.05, 3.63) is 24.3 Å². The number of furan rings is 1. The van der Waals surface area contributed by atoms with E-state index in [1.165, 1.54) is 0 Å². The summed E-state index contributed by atoms with van der Waals surface area (Å²) in [6.07, 6.45) is 2.31. The molecular formula is C11H13N3O3. The smallest absolute Gasteiger partial charge is 0.238 e. The number of aryl methyl sites for hydroxylation is 1. The van der Waals surface area contributed by atoms with Crippen LogP contribution in [0.3, 0.4) is 0 Å². The lowest BCUT2D eigenvalue weighted by molar-refractivity contribution is -0.121. The summed E-state index contributed by atoms with van der Waals surface area (Å²) in [5.74, 6) is 1.37. The van der Waals surface area contributed by atoms with Gasteiger partial charge in [0.2, 0.25) is 17.6 Å². The van der Waals surface area contributed by atoms with Crippen molar-refractivity contribution >= 4 is 5.91 Å². The molecule has 0 spiro atoms. The quantitative estimate of drug-likeness (QED) is 0.847. The zero-order valence-corrected chi connectivity index (χ0v) is 9.47. The first-order chi connectivity index (χ1) is 8.29. The van der Waals surface area contributed by atoms with Crippen molar-refractivity contribution in [2.45, 2.75) is 19.8 Å². The second kappa shape index (κ2) is 5.29. The van der Waals surface area contributed by atoms with E-state index >= 15 is 0 Å².